The number of nitriles is 1. The fourth-order valence-corrected chi connectivity index (χ4v) is 2.29. The average molecular weight is 326 g/mol. The molecule has 0 atom stereocenters. The molecule has 0 spiro atoms. The Morgan fingerprint density at radius 3 is 2.21 bits per heavy atom. The van der Waals surface area contributed by atoms with E-state index in [4.69, 9.17) is 14.6 Å². The molecular formula is C18H23BN2O3. The third-order valence-corrected chi connectivity index (χ3v) is 4.49. The minimum Gasteiger partial charge on any atom is -0.400 e. The fraction of sp³-hybridized carbons (Fsp3) is 0.444. The number of nitrogens with zero attached hydrogens (tertiary/aromatic N) is 1. The second kappa shape index (κ2) is 6.80. The van der Waals surface area contributed by atoms with Gasteiger partial charge in [0.15, 0.2) is 0 Å². The Hall–Kier alpha value is -2.10. The third-order valence-electron chi connectivity index (χ3n) is 4.49. The maximum Gasteiger partial charge on any atom is 0.492 e. The number of amides is 1. The van der Waals surface area contributed by atoms with Gasteiger partial charge in [-0.3, -0.25) is 4.79 Å². The lowest BCUT2D eigenvalue weighted by molar-refractivity contribution is -0.118. The number of hydrogen-bond acceptors (Lipinski definition) is 4. The van der Waals surface area contributed by atoms with E-state index in [1.165, 1.54) is 6.92 Å². The van der Waals surface area contributed by atoms with Crippen LogP contribution in [0.3, 0.4) is 0 Å². The van der Waals surface area contributed by atoms with Crippen molar-refractivity contribution >= 4 is 19.1 Å². The van der Waals surface area contributed by atoms with E-state index < -0.39 is 18.3 Å². The van der Waals surface area contributed by atoms with Gasteiger partial charge in [0.2, 0.25) is 5.91 Å². The molecule has 0 radical (unpaired) electrons. The summed E-state index contributed by atoms with van der Waals surface area (Å²) >= 11 is 0. The number of rotatable bonds is 4. The Labute approximate surface area is 143 Å². The first kappa shape index (κ1) is 18.2. The molecule has 1 aliphatic heterocycles. The number of carbonyl (C=O) groups excluding carboxylic acids is 1. The van der Waals surface area contributed by atoms with Gasteiger partial charge in [-0.1, -0.05) is 18.2 Å². The van der Waals surface area contributed by atoms with Crippen molar-refractivity contribution in [1.82, 2.24) is 5.32 Å². The zero-order valence-corrected chi connectivity index (χ0v) is 14.8. The van der Waals surface area contributed by atoms with Gasteiger partial charge in [0.1, 0.15) is 0 Å². The lowest BCUT2D eigenvalue weighted by Crippen LogP contribution is -2.41. The van der Waals surface area contributed by atoms with Crippen LogP contribution in [0.5, 0.6) is 0 Å². The molecule has 1 aromatic carbocycles. The summed E-state index contributed by atoms with van der Waals surface area (Å²) < 4.78 is 12.2. The molecule has 0 unspecified atom stereocenters. The Morgan fingerprint density at radius 1 is 1.21 bits per heavy atom. The number of nitrogens with one attached hydrogen (secondary N) is 1. The van der Waals surface area contributed by atoms with Crippen molar-refractivity contribution in [3.05, 3.63) is 40.9 Å². The monoisotopic (exact) mass is 326 g/mol. The molecule has 1 amide bonds. The summed E-state index contributed by atoms with van der Waals surface area (Å²) in [6.07, 6.45) is 1.93. The van der Waals surface area contributed by atoms with Crippen molar-refractivity contribution in [3.8, 4) is 6.07 Å². The van der Waals surface area contributed by atoms with Crippen molar-refractivity contribution in [2.24, 2.45) is 0 Å². The molecule has 1 saturated heterocycles. The van der Waals surface area contributed by atoms with Gasteiger partial charge in [-0.15, -0.1) is 0 Å². The Bertz CT molecular complexity index is 671. The first-order valence-corrected chi connectivity index (χ1v) is 7.95. The summed E-state index contributed by atoms with van der Waals surface area (Å²) in [6.45, 7) is 9.78. The molecule has 2 rings (SSSR count). The minimum absolute atomic E-state index is 0.114. The number of benzene rings is 1. The normalized spacial score (nSPS) is 19.0. The van der Waals surface area contributed by atoms with E-state index >= 15 is 0 Å². The predicted molar refractivity (Wildman–Crippen MR) is 93.9 cm³/mol. The predicted octanol–water partition coefficient (Wildman–Crippen LogP) is 2.71. The van der Waals surface area contributed by atoms with Crippen molar-refractivity contribution in [1.29, 1.82) is 5.26 Å². The van der Waals surface area contributed by atoms with Crippen LogP contribution < -0.4 is 5.32 Å². The molecular weight excluding hydrogens is 303 g/mol. The van der Waals surface area contributed by atoms with Crippen molar-refractivity contribution in [3.63, 3.8) is 0 Å². The maximum absolute atomic E-state index is 11.3. The zero-order valence-electron chi connectivity index (χ0n) is 14.8. The highest BCUT2D eigenvalue weighted by Gasteiger charge is 2.52. The van der Waals surface area contributed by atoms with E-state index in [2.05, 4.69) is 11.4 Å². The van der Waals surface area contributed by atoms with Crippen molar-refractivity contribution < 1.29 is 14.1 Å². The molecule has 1 aliphatic rings. The molecule has 5 nitrogen and oxygen atoms in total. The largest absolute Gasteiger partial charge is 0.492 e. The van der Waals surface area contributed by atoms with Gasteiger partial charge in [0.25, 0.3) is 0 Å². The van der Waals surface area contributed by atoms with Gasteiger partial charge >= 0.3 is 7.12 Å². The SMILES string of the molecule is CC(=O)NCC(=Cc1ccc(C#N)cc1)B1OC(C)(C)C(C)(C)O1. The lowest BCUT2D eigenvalue weighted by Gasteiger charge is -2.32. The summed E-state index contributed by atoms with van der Waals surface area (Å²) in [5.74, 6) is -0.114. The van der Waals surface area contributed by atoms with Crippen LogP contribution in [0.4, 0.5) is 0 Å². The fourth-order valence-electron chi connectivity index (χ4n) is 2.29. The maximum atomic E-state index is 11.3. The molecule has 0 aromatic heterocycles. The highest BCUT2D eigenvalue weighted by molar-refractivity contribution is 6.56. The van der Waals surface area contributed by atoms with E-state index in [1.54, 1.807) is 12.1 Å². The average Bonchev–Trinajstić information content (AvgIpc) is 2.72. The minimum atomic E-state index is -0.530. The highest BCUT2D eigenvalue weighted by Crippen LogP contribution is 2.38. The second-order valence-corrected chi connectivity index (χ2v) is 6.95. The molecule has 6 heteroatoms. The van der Waals surface area contributed by atoms with Crippen LogP contribution in [0, 0.1) is 11.3 Å². The first-order chi connectivity index (χ1) is 11.1. The van der Waals surface area contributed by atoms with Gasteiger partial charge in [-0.05, 0) is 50.9 Å². The van der Waals surface area contributed by atoms with Gasteiger partial charge in [-0.25, -0.2) is 0 Å². The molecule has 1 heterocycles. The van der Waals surface area contributed by atoms with Crippen LogP contribution in [-0.2, 0) is 14.1 Å². The van der Waals surface area contributed by atoms with E-state index in [-0.39, 0.29) is 5.91 Å². The number of carbonyl (C=O) groups is 1. The van der Waals surface area contributed by atoms with Gasteiger partial charge < -0.3 is 14.6 Å². The first-order valence-electron chi connectivity index (χ1n) is 7.95. The van der Waals surface area contributed by atoms with Crippen LogP contribution >= 0.6 is 0 Å². The van der Waals surface area contributed by atoms with Crippen LogP contribution in [0.15, 0.2) is 29.7 Å². The molecule has 0 aliphatic carbocycles. The molecule has 24 heavy (non-hydrogen) atoms. The smallest absolute Gasteiger partial charge is 0.400 e. The molecule has 0 bridgehead atoms. The second-order valence-electron chi connectivity index (χ2n) is 6.95. The molecule has 1 aromatic rings. The van der Waals surface area contributed by atoms with Crippen LogP contribution in [0.2, 0.25) is 0 Å². The Morgan fingerprint density at radius 2 is 1.75 bits per heavy atom. The Kier molecular flexibility index (Phi) is 5.17. The third kappa shape index (κ3) is 4.05. The lowest BCUT2D eigenvalue weighted by atomic mass is 9.77. The molecule has 1 N–H and O–H groups in total. The summed E-state index contributed by atoms with van der Waals surface area (Å²) in [7, 11) is -0.530. The van der Waals surface area contributed by atoms with Gasteiger partial charge in [0.05, 0.1) is 22.8 Å². The van der Waals surface area contributed by atoms with E-state index in [0.717, 1.165) is 11.0 Å². The van der Waals surface area contributed by atoms with Crippen LogP contribution in [0.1, 0.15) is 45.7 Å². The van der Waals surface area contributed by atoms with E-state index in [0.29, 0.717) is 12.1 Å². The zero-order chi connectivity index (χ0) is 18.0. The summed E-state index contributed by atoms with van der Waals surface area (Å²) in [5, 5.41) is 11.7. The summed E-state index contributed by atoms with van der Waals surface area (Å²) in [6, 6.07) is 9.33. The Balaban J connectivity index is 2.29. The standard InChI is InChI=1S/C18H23BN2O3/c1-13(22)21-12-16(10-14-6-8-15(11-20)9-7-14)19-23-17(2,3)18(4,5)24-19/h6-10H,12H2,1-5H3,(H,21,22). The van der Waals surface area contributed by atoms with E-state index in [1.807, 2.05) is 45.9 Å². The molecule has 1 fully saturated rings. The van der Waals surface area contributed by atoms with Crippen molar-refractivity contribution in [2.45, 2.75) is 45.8 Å². The topological polar surface area (TPSA) is 71.4 Å². The van der Waals surface area contributed by atoms with Crippen LogP contribution in [0.25, 0.3) is 6.08 Å². The van der Waals surface area contributed by atoms with Crippen LogP contribution in [-0.4, -0.2) is 30.8 Å². The van der Waals surface area contributed by atoms with Gasteiger partial charge in [0, 0.05) is 13.5 Å². The number of hydrogen-bond donors (Lipinski definition) is 1. The highest BCUT2D eigenvalue weighted by atomic mass is 16.7. The quantitative estimate of drug-likeness (QED) is 0.864. The van der Waals surface area contributed by atoms with Gasteiger partial charge in [-0.2, -0.15) is 5.26 Å². The summed E-state index contributed by atoms with van der Waals surface area (Å²) in [5.41, 5.74) is 1.46. The van der Waals surface area contributed by atoms with Crippen molar-refractivity contribution in [2.75, 3.05) is 6.54 Å². The molecule has 126 valence electrons. The summed E-state index contributed by atoms with van der Waals surface area (Å²) in [4.78, 5) is 11.3. The molecule has 0 saturated carbocycles. The van der Waals surface area contributed by atoms with E-state index in [9.17, 15) is 4.79 Å².